The summed E-state index contributed by atoms with van der Waals surface area (Å²) in [4.78, 5) is 22.0. The van der Waals surface area contributed by atoms with Gasteiger partial charge in [-0.3, -0.25) is 10.1 Å². The summed E-state index contributed by atoms with van der Waals surface area (Å²) < 4.78 is 5.49. The lowest BCUT2D eigenvalue weighted by Gasteiger charge is -2.04. The molecule has 0 unspecified atom stereocenters. The van der Waals surface area contributed by atoms with Gasteiger partial charge in [0.1, 0.15) is 10.9 Å². The first-order chi connectivity index (χ1) is 13.7. The number of rotatable bonds is 3. The maximum Gasteiger partial charge on any atom is 0.257 e. The van der Waals surface area contributed by atoms with Crippen LogP contribution >= 0.6 is 22.9 Å². The zero-order valence-corrected chi connectivity index (χ0v) is 16.2. The molecule has 0 fully saturated rings. The van der Waals surface area contributed by atoms with Crippen LogP contribution in [0.4, 0.5) is 5.13 Å². The van der Waals surface area contributed by atoms with Crippen molar-refractivity contribution in [1.29, 1.82) is 0 Å². The van der Waals surface area contributed by atoms with Crippen LogP contribution in [-0.2, 0) is 6.42 Å². The van der Waals surface area contributed by atoms with Crippen LogP contribution in [0.1, 0.15) is 15.9 Å². The van der Waals surface area contributed by atoms with E-state index in [1.54, 1.807) is 18.5 Å². The molecule has 0 radical (unpaired) electrons. The van der Waals surface area contributed by atoms with E-state index in [0.29, 0.717) is 22.5 Å². The molecule has 1 aliphatic heterocycles. The molecule has 0 saturated carbocycles. The number of nitrogens with one attached hydrogen (secondary N) is 1. The van der Waals surface area contributed by atoms with E-state index in [1.807, 2.05) is 36.4 Å². The molecule has 0 saturated heterocycles. The highest BCUT2D eigenvalue weighted by Crippen LogP contribution is 2.32. The second kappa shape index (κ2) is 6.89. The largest absolute Gasteiger partial charge is 0.493 e. The Morgan fingerprint density at radius 2 is 2.00 bits per heavy atom. The van der Waals surface area contributed by atoms with Crippen LogP contribution in [0.25, 0.3) is 21.2 Å². The average Bonchev–Trinajstić information content (AvgIpc) is 3.36. The molecule has 4 aromatic rings. The van der Waals surface area contributed by atoms with Gasteiger partial charge < -0.3 is 4.74 Å². The van der Waals surface area contributed by atoms with Crippen molar-refractivity contribution in [3.63, 3.8) is 0 Å². The summed E-state index contributed by atoms with van der Waals surface area (Å²) in [7, 11) is 0. The van der Waals surface area contributed by atoms with Crippen molar-refractivity contribution in [3.8, 4) is 16.2 Å². The lowest BCUT2D eigenvalue weighted by molar-refractivity contribution is 0.102. The standard InChI is InChI=1S/C21H14ClN3O2S/c22-19-9-16-8-13(1-2-15(16)10-23-19)18-11-24-21(28-18)25-20(26)14-3-4-17-12(7-14)5-6-27-17/h1-4,7-11H,5-6H2,(H,24,25,26). The van der Waals surface area contributed by atoms with Crippen LogP contribution in [0, 0.1) is 0 Å². The summed E-state index contributed by atoms with van der Waals surface area (Å²) in [6.45, 7) is 0.670. The molecular weight excluding hydrogens is 394 g/mol. The van der Waals surface area contributed by atoms with Crippen molar-refractivity contribution in [1.82, 2.24) is 9.97 Å². The maximum absolute atomic E-state index is 12.6. The molecule has 1 N–H and O–H groups in total. The van der Waals surface area contributed by atoms with Gasteiger partial charge in [-0.2, -0.15) is 0 Å². The summed E-state index contributed by atoms with van der Waals surface area (Å²) in [6.07, 6.45) is 4.35. The number of benzene rings is 2. The summed E-state index contributed by atoms with van der Waals surface area (Å²) in [5, 5.41) is 5.93. The van der Waals surface area contributed by atoms with Gasteiger partial charge in [-0.25, -0.2) is 9.97 Å². The van der Waals surface area contributed by atoms with E-state index in [9.17, 15) is 4.79 Å². The molecule has 5 rings (SSSR count). The Kier molecular flexibility index (Phi) is 4.22. The molecule has 2 aromatic heterocycles. The number of ether oxygens (including phenoxy) is 1. The van der Waals surface area contributed by atoms with Crippen LogP contribution in [0.5, 0.6) is 5.75 Å². The van der Waals surface area contributed by atoms with E-state index < -0.39 is 0 Å². The van der Waals surface area contributed by atoms with Crippen molar-refractivity contribution >= 4 is 44.7 Å². The van der Waals surface area contributed by atoms with Gasteiger partial charge >= 0.3 is 0 Å². The molecule has 0 aliphatic carbocycles. The van der Waals surface area contributed by atoms with E-state index in [4.69, 9.17) is 16.3 Å². The van der Waals surface area contributed by atoms with Crippen LogP contribution in [-0.4, -0.2) is 22.5 Å². The monoisotopic (exact) mass is 407 g/mol. The predicted octanol–water partition coefficient (Wildman–Crippen LogP) is 5.20. The predicted molar refractivity (Wildman–Crippen MR) is 111 cm³/mol. The van der Waals surface area contributed by atoms with Crippen molar-refractivity contribution in [3.05, 3.63) is 71.1 Å². The van der Waals surface area contributed by atoms with Crippen LogP contribution < -0.4 is 10.1 Å². The zero-order chi connectivity index (χ0) is 19.1. The highest BCUT2D eigenvalue weighted by atomic mass is 35.5. The number of aromatic nitrogens is 2. The molecule has 5 nitrogen and oxygen atoms in total. The summed E-state index contributed by atoms with van der Waals surface area (Å²) in [6, 6.07) is 13.4. The third-order valence-corrected chi connectivity index (χ3v) is 5.82. The fourth-order valence-electron chi connectivity index (χ4n) is 3.23. The van der Waals surface area contributed by atoms with Gasteiger partial charge in [0.05, 0.1) is 11.5 Å². The van der Waals surface area contributed by atoms with Gasteiger partial charge in [0.2, 0.25) is 0 Å². The van der Waals surface area contributed by atoms with Crippen LogP contribution in [0.3, 0.4) is 0 Å². The smallest absolute Gasteiger partial charge is 0.257 e. The molecule has 1 amide bonds. The number of anilines is 1. The quantitative estimate of drug-likeness (QED) is 0.474. The number of hydrogen-bond donors (Lipinski definition) is 1. The third kappa shape index (κ3) is 3.21. The number of nitrogens with zero attached hydrogens (tertiary/aromatic N) is 2. The van der Waals surface area contributed by atoms with Gasteiger partial charge in [0.15, 0.2) is 5.13 Å². The van der Waals surface area contributed by atoms with Crippen LogP contribution in [0.15, 0.2) is 54.9 Å². The minimum Gasteiger partial charge on any atom is -0.493 e. The third-order valence-electron chi connectivity index (χ3n) is 4.65. The topological polar surface area (TPSA) is 64.1 Å². The lowest BCUT2D eigenvalue weighted by Crippen LogP contribution is -2.11. The van der Waals surface area contributed by atoms with Crippen molar-refractivity contribution in [2.24, 2.45) is 0 Å². The Morgan fingerprint density at radius 3 is 2.93 bits per heavy atom. The molecule has 28 heavy (non-hydrogen) atoms. The molecule has 1 aliphatic rings. The molecule has 138 valence electrons. The number of pyridine rings is 1. The Labute approximate surface area is 170 Å². The molecule has 3 heterocycles. The Bertz CT molecular complexity index is 1220. The highest BCUT2D eigenvalue weighted by molar-refractivity contribution is 7.19. The first-order valence-electron chi connectivity index (χ1n) is 8.74. The minimum absolute atomic E-state index is 0.174. The Balaban J connectivity index is 1.38. The summed E-state index contributed by atoms with van der Waals surface area (Å²) in [5.41, 5.74) is 2.69. The normalized spacial score (nSPS) is 12.6. The van der Waals surface area contributed by atoms with E-state index in [1.165, 1.54) is 11.3 Å². The fourth-order valence-corrected chi connectivity index (χ4v) is 4.20. The molecule has 2 aromatic carbocycles. The van der Waals surface area contributed by atoms with Crippen molar-refractivity contribution in [2.45, 2.75) is 6.42 Å². The van der Waals surface area contributed by atoms with Gasteiger partial charge in [0.25, 0.3) is 5.91 Å². The molecule has 0 atom stereocenters. The first-order valence-corrected chi connectivity index (χ1v) is 9.94. The molecule has 0 spiro atoms. The van der Waals surface area contributed by atoms with Crippen LogP contribution in [0.2, 0.25) is 5.15 Å². The van der Waals surface area contributed by atoms with E-state index >= 15 is 0 Å². The van der Waals surface area contributed by atoms with E-state index in [0.717, 1.165) is 38.9 Å². The number of fused-ring (bicyclic) bond motifs is 2. The zero-order valence-electron chi connectivity index (χ0n) is 14.6. The second-order valence-electron chi connectivity index (χ2n) is 6.47. The number of halogens is 1. The molecule has 0 bridgehead atoms. The number of carbonyl (C=O) groups is 1. The number of thiazole rings is 1. The van der Waals surface area contributed by atoms with Gasteiger partial charge in [-0.15, -0.1) is 0 Å². The fraction of sp³-hybridized carbons (Fsp3) is 0.0952. The molecular formula is C21H14ClN3O2S. The van der Waals surface area contributed by atoms with E-state index in [-0.39, 0.29) is 5.91 Å². The lowest BCUT2D eigenvalue weighted by atomic mass is 10.1. The van der Waals surface area contributed by atoms with Gasteiger partial charge in [-0.1, -0.05) is 35.1 Å². The van der Waals surface area contributed by atoms with E-state index in [2.05, 4.69) is 15.3 Å². The minimum atomic E-state index is -0.174. The number of carbonyl (C=O) groups excluding carboxylic acids is 1. The number of amides is 1. The maximum atomic E-state index is 12.6. The summed E-state index contributed by atoms with van der Waals surface area (Å²) in [5.74, 6) is 0.687. The van der Waals surface area contributed by atoms with Gasteiger partial charge in [-0.05, 0) is 46.8 Å². The van der Waals surface area contributed by atoms with Crippen molar-refractivity contribution in [2.75, 3.05) is 11.9 Å². The Hall–Kier alpha value is -2.96. The SMILES string of the molecule is O=C(Nc1ncc(-c2ccc3cnc(Cl)cc3c2)s1)c1ccc2c(c1)CCO2. The average molecular weight is 408 g/mol. The highest BCUT2D eigenvalue weighted by Gasteiger charge is 2.16. The first kappa shape index (κ1) is 17.2. The van der Waals surface area contributed by atoms with Crippen molar-refractivity contribution < 1.29 is 9.53 Å². The summed E-state index contributed by atoms with van der Waals surface area (Å²) >= 11 is 7.43. The van der Waals surface area contributed by atoms with Gasteiger partial charge in [0, 0.05) is 29.8 Å². The number of hydrogen-bond acceptors (Lipinski definition) is 5. The Morgan fingerprint density at radius 1 is 1.07 bits per heavy atom. The second-order valence-corrected chi connectivity index (χ2v) is 7.89. The molecule has 7 heteroatoms.